The number of esters is 1. The lowest BCUT2D eigenvalue weighted by Gasteiger charge is -2.07. The molecule has 0 saturated heterocycles. The fraction of sp³-hybridized carbons (Fsp3) is 0.176. The summed E-state index contributed by atoms with van der Waals surface area (Å²) < 4.78 is 9.82. The zero-order valence-corrected chi connectivity index (χ0v) is 13.3. The van der Waals surface area contributed by atoms with Gasteiger partial charge in [-0.05, 0) is 24.3 Å². The van der Waals surface area contributed by atoms with Gasteiger partial charge in [-0.3, -0.25) is 4.79 Å². The van der Waals surface area contributed by atoms with E-state index in [9.17, 15) is 4.79 Å². The monoisotopic (exact) mass is 315 g/mol. The third-order valence-electron chi connectivity index (χ3n) is 2.88. The van der Waals surface area contributed by atoms with E-state index in [4.69, 9.17) is 4.74 Å². The molecule has 0 aliphatic heterocycles. The Hall–Kier alpha value is -2.27. The molecule has 0 fully saturated rings. The number of hydrogen-bond donors (Lipinski definition) is 0. The molecule has 0 bridgehead atoms. The van der Waals surface area contributed by atoms with E-state index < -0.39 is 0 Å². The maximum atomic E-state index is 11.4. The fourth-order valence-electron chi connectivity index (χ4n) is 1.72. The van der Waals surface area contributed by atoms with E-state index in [1.54, 1.807) is 7.11 Å². The number of rotatable bonds is 5. The maximum Gasteiger partial charge on any atom is 0.316 e. The first-order valence-corrected chi connectivity index (χ1v) is 7.69. The molecule has 0 aromatic heterocycles. The van der Waals surface area contributed by atoms with E-state index in [-0.39, 0.29) is 11.7 Å². The van der Waals surface area contributed by atoms with Crippen LogP contribution >= 0.6 is 11.8 Å². The quantitative estimate of drug-likeness (QED) is 0.480. The minimum Gasteiger partial charge on any atom is -0.497 e. The maximum absolute atomic E-state index is 11.4. The molecule has 0 atom stereocenters. The first kappa shape index (κ1) is 16.1. The molecule has 0 amide bonds. The highest BCUT2D eigenvalue weighted by atomic mass is 32.2. The van der Waals surface area contributed by atoms with Gasteiger partial charge in [0, 0.05) is 5.56 Å². The van der Waals surface area contributed by atoms with Crippen LogP contribution in [-0.2, 0) is 9.53 Å². The van der Waals surface area contributed by atoms with Gasteiger partial charge < -0.3 is 9.47 Å². The molecular formula is C17H17NO3S. The van der Waals surface area contributed by atoms with Gasteiger partial charge in [-0.1, -0.05) is 42.1 Å². The van der Waals surface area contributed by atoms with Crippen molar-refractivity contribution >= 4 is 28.5 Å². The molecule has 0 aliphatic rings. The van der Waals surface area contributed by atoms with Gasteiger partial charge in [0.15, 0.2) is 0 Å². The standard InChI is InChI=1S/C17H17NO3S/c1-20-15-10-8-14(9-11-15)18-17(22-12-16(19)21-2)13-6-4-3-5-7-13/h3-11H,12H2,1-2H3. The summed E-state index contributed by atoms with van der Waals surface area (Å²) in [6.45, 7) is 0. The van der Waals surface area contributed by atoms with Crippen molar-refractivity contribution in [3.05, 3.63) is 60.2 Å². The number of nitrogens with zero attached hydrogens (tertiary/aromatic N) is 1. The zero-order chi connectivity index (χ0) is 15.8. The van der Waals surface area contributed by atoms with Crippen LogP contribution in [0.3, 0.4) is 0 Å². The fourth-order valence-corrected chi connectivity index (χ4v) is 2.57. The molecule has 0 saturated carbocycles. The lowest BCUT2D eigenvalue weighted by atomic mass is 10.2. The summed E-state index contributed by atoms with van der Waals surface area (Å²) in [5.41, 5.74) is 1.77. The molecule has 22 heavy (non-hydrogen) atoms. The summed E-state index contributed by atoms with van der Waals surface area (Å²) in [5, 5.41) is 0.774. The average molecular weight is 315 g/mol. The number of ether oxygens (including phenoxy) is 2. The Kier molecular flexibility index (Phi) is 6.03. The van der Waals surface area contributed by atoms with E-state index in [1.807, 2.05) is 54.6 Å². The van der Waals surface area contributed by atoms with Crippen molar-refractivity contribution in [1.82, 2.24) is 0 Å². The topological polar surface area (TPSA) is 47.9 Å². The van der Waals surface area contributed by atoms with Crippen molar-refractivity contribution < 1.29 is 14.3 Å². The van der Waals surface area contributed by atoms with Gasteiger partial charge in [0.1, 0.15) is 10.8 Å². The third kappa shape index (κ3) is 4.63. The lowest BCUT2D eigenvalue weighted by Crippen LogP contribution is -2.07. The Balaban J connectivity index is 2.25. The van der Waals surface area contributed by atoms with Crippen LogP contribution < -0.4 is 4.74 Å². The van der Waals surface area contributed by atoms with Crippen LogP contribution in [0.4, 0.5) is 5.69 Å². The summed E-state index contributed by atoms with van der Waals surface area (Å²) in [6, 6.07) is 17.2. The Morgan fingerprint density at radius 3 is 2.32 bits per heavy atom. The summed E-state index contributed by atoms with van der Waals surface area (Å²) in [6.07, 6.45) is 0. The Morgan fingerprint density at radius 1 is 1.05 bits per heavy atom. The van der Waals surface area contributed by atoms with Crippen molar-refractivity contribution in [2.45, 2.75) is 0 Å². The van der Waals surface area contributed by atoms with Crippen molar-refractivity contribution in [1.29, 1.82) is 0 Å². The molecule has 0 unspecified atom stereocenters. The number of thioether (sulfide) groups is 1. The van der Waals surface area contributed by atoms with Gasteiger partial charge in [0.05, 0.1) is 25.7 Å². The third-order valence-corrected chi connectivity index (χ3v) is 3.86. The van der Waals surface area contributed by atoms with Crippen LogP contribution in [0.1, 0.15) is 5.56 Å². The van der Waals surface area contributed by atoms with Crippen molar-refractivity contribution in [3.63, 3.8) is 0 Å². The minimum atomic E-state index is -0.275. The summed E-state index contributed by atoms with van der Waals surface area (Å²) >= 11 is 1.36. The predicted molar refractivity (Wildman–Crippen MR) is 90.1 cm³/mol. The van der Waals surface area contributed by atoms with Crippen LogP contribution in [0.5, 0.6) is 5.75 Å². The van der Waals surface area contributed by atoms with E-state index in [0.29, 0.717) is 0 Å². The van der Waals surface area contributed by atoms with E-state index >= 15 is 0 Å². The average Bonchev–Trinajstić information content (AvgIpc) is 2.59. The minimum absolute atomic E-state index is 0.223. The first-order valence-electron chi connectivity index (χ1n) is 6.70. The van der Waals surface area contributed by atoms with Gasteiger partial charge in [-0.25, -0.2) is 4.99 Å². The largest absolute Gasteiger partial charge is 0.497 e. The molecule has 2 aromatic rings. The molecule has 5 heteroatoms. The molecule has 0 N–H and O–H groups in total. The smallest absolute Gasteiger partial charge is 0.316 e. The SMILES string of the molecule is COC(=O)CSC(=Nc1ccc(OC)cc1)c1ccccc1. The van der Waals surface area contributed by atoms with Gasteiger partial charge in [0.25, 0.3) is 0 Å². The normalized spacial score (nSPS) is 11.1. The zero-order valence-electron chi connectivity index (χ0n) is 12.5. The molecular weight excluding hydrogens is 298 g/mol. The number of hydrogen-bond acceptors (Lipinski definition) is 5. The van der Waals surface area contributed by atoms with Crippen LogP contribution in [0.25, 0.3) is 0 Å². The second-order valence-corrected chi connectivity index (χ2v) is 5.31. The molecule has 114 valence electrons. The van der Waals surface area contributed by atoms with E-state index in [1.165, 1.54) is 18.9 Å². The molecule has 0 aliphatic carbocycles. The number of methoxy groups -OCH3 is 2. The lowest BCUT2D eigenvalue weighted by molar-refractivity contribution is -0.137. The van der Waals surface area contributed by atoms with E-state index in [0.717, 1.165) is 22.0 Å². The van der Waals surface area contributed by atoms with Crippen LogP contribution in [0.2, 0.25) is 0 Å². The van der Waals surface area contributed by atoms with Crippen molar-refractivity contribution in [2.75, 3.05) is 20.0 Å². The van der Waals surface area contributed by atoms with Crippen LogP contribution in [0, 0.1) is 0 Å². The highest BCUT2D eigenvalue weighted by Gasteiger charge is 2.08. The summed E-state index contributed by atoms with van der Waals surface area (Å²) in [4.78, 5) is 16.0. The Labute approximate surface area is 134 Å². The van der Waals surface area contributed by atoms with Crippen molar-refractivity contribution in [3.8, 4) is 5.75 Å². The van der Waals surface area contributed by atoms with Gasteiger partial charge in [-0.2, -0.15) is 0 Å². The number of carbonyl (C=O) groups is 1. The van der Waals surface area contributed by atoms with Crippen LogP contribution in [0.15, 0.2) is 59.6 Å². The highest BCUT2D eigenvalue weighted by molar-refractivity contribution is 8.14. The number of aliphatic imine (C=N–C) groups is 1. The predicted octanol–water partition coefficient (Wildman–Crippen LogP) is 3.68. The molecule has 2 aromatic carbocycles. The number of carbonyl (C=O) groups excluding carboxylic acids is 1. The molecule has 0 radical (unpaired) electrons. The molecule has 0 heterocycles. The second kappa shape index (κ2) is 8.24. The van der Waals surface area contributed by atoms with Crippen LogP contribution in [-0.4, -0.2) is 31.0 Å². The summed E-state index contributed by atoms with van der Waals surface area (Å²) in [5.74, 6) is 0.728. The Morgan fingerprint density at radius 2 is 1.73 bits per heavy atom. The molecule has 2 rings (SSSR count). The second-order valence-electron chi connectivity index (χ2n) is 4.35. The summed E-state index contributed by atoms with van der Waals surface area (Å²) in [7, 11) is 3.01. The highest BCUT2D eigenvalue weighted by Crippen LogP contribution is 2.22. The number of benzene rings is 2. The van der Waals surface area contributed by atoms with Gasteiger partial charge in [-0.15, -0.1) is 0 Å². The van der Waals surface area contributed by atoms with Gasteiger partial charge in [0.2, 0.25) is 0 Å². The van der Waals surface area contributed by atoms with Gasteiger partial charge >= 0.3 is 5.97 Å². The van der Waals surface area contributed by atoms with Crippen molar-refractivity contribution in [2.24, 2.45) is 4.99 Å². The van der Waals surface area contributed by atoms with E-state index in [2.05, 4.69) is 9.73 Å². The molecule has 4 nitrogen and oxygen atoms in total. The first-order chi connectivity index (χ1) is 10.7. The molecule has 0 spiro atoms. The Bertz CT molecular complexity index is 639.